The van der Waals surface area contributed by atoms with Gasteiger partial charge in [0.15, 0.2) is 0 Å². The Hall–Kier alpha value is -0.310. The summed E-state index contributed by atoms with van der Waals surface area (Å²) in [7, 11) is 0. The van der Waals surface area contributed by atoms with E-state index in [1.54, 1.807) is 0 Å². The van der Waals surface area contributed by atoms with Crippen molar-refractivity contribution in [1.29, 1.82) is 0 Å². The molecule has 0 spiro atoms. The summed E-state index contributed by atoms with van der Waals surface area (Å²) in [6.45, 7) is 4.36. The SMILES string of the molecule is CCCCCCN1C=CN(S)C1. The number of thiol groups is 1. The van der Waals surface area contributed by atoms with E-state index in [4.69, 9.17) is 0 Å². The minimum atomic E-state index is 0.940. The molecule has 0 N–H and O–H groups in total. The first-order chi connectivity index (χ1) is 5.83. The molecule has 1 rings (SSSR count). The van der Waals surface area contributed by atoms with Gasteiger partial charge < -0.3 is 9.21 Å². The van der Waals surface area contributed by atoms with E-state index in [1.807, 2.05) is 10.5 Å². The van der Waals surface area contributed by atoms with Crippen LogP contribution in [-0.2, 0) is 0 Å². The molecule has 1 heterocycles. The largest absolute Gasteiger partial charge is 0.358 e. The van der Waals surface area contributed by atoms with Crippen LogP contribution in [-0.4, -0.2) is 22.4 Å². The van der Waals surface area contributed by atoms with Crippen molar-refractivity contribution in [1.82, 2.24) is 9.21 Å². The van der Waals surface area contributed by atoms with Crippen LogP contribution in [0, 0.1) is 0 Å². The van der Waals surface area contributed by atoms with Crippen LogP contribution in [0.25, 0.3) is 0 Å². The lowest BCUT2D eigenvalue weighted by molar-refractivity contribution is 0.338. The summed E-state index contributed by atoms with van der Waals surface area (Å²) in [5.41, 5.74) is 0. The van der Waals surface area contributed by atoms with Gasteiger partial charge in [-0.3, -0.25) is 0 Å². The van der Waals surface area contributed by atoms with E-state index in [9.17, 15) is 0 Å². The van der Waals surface area contributed by atoms with E-state index in [-0.39, 0.29) is 0 Å². The summed E-state index contributed by atoms with van der Waals surface area (Å²) in [6, 6.07) is 0. The Morgan fingerprint density at radius 3 is 2.67 bits per heavy atom. The van der Waals surface area contributed by atoms with Gasteiger partial charge in [0.25, 0.3) is 0 Å². The summed E-state index contributed by atoms with van der Waals surface area (Å²) >= 11 is 4.22. The van der Waals surface area contributed by atoms with Crippen LogP contribution in [0.5, 0.6) is 0 Å². The molecule has 0 saturated heterocycles. The molecular formula is C9H18N2S. The fourth-order valence-corrected chi connectivity index (χ4v) is 1.56. The Morgan fingerprint density at radius 2 is 2.08 bits per heavy atom. The highest BCUT2D eigenvalue weighted by Crippen LogP contribution is 2.10. The van der Waals surface area contributed by atoms with Crippen LogP contribution >= 0.6 is 12.8 Å². The standard InChI is InChI=1S/C9H18N2S/c1-2-3-4-5-6-10-7-8-11(12)9-10/h7-8,12H,2-6,9H2,1H3. The van der Waals surface area contributed by atoms with Crippen LogP contribution in [0.2, 0.25) is 0 Å². The lowest BCUT2D eigenvalue weighted by Crippen LogP contribution is -2.20. The fourth-order valence-electron chi connectivity index (χ4n) is 1.34. The maximum Gasteiger partial charge on any atom is 0.0997 e. The first-order valence-corrected chi connectivity index (χ1v) is 5.11. The topological polar surface area (TPSA) is 6.48 Å². The van der Waals surface area contributed by atoms with Crippen LogP contribution < -0.4 is 0 Å². The lowest BCUT2D eigenvalue weighted by Gasteiger charge is -2.16. The van der Waals surface area contributed by atoms with Crippen molar-refractivity contribution in [2.45, 2.75) is 32.6 Å². The van der Waals surface area contributed by atoms with Crippen molar-refractivity contribution < 1.29 is 0 Å². The number of nitrogens with zero attached hydrogens (tertiary/aromatic N) is 2. The number of hydrogen-bond acceptors (Lipinski definition) is 3. The second-order valence-corrected chi connectivity index (χ2v) is 3.77. The Balaban J connectivity index is 1.98. The zero-order valence-electron chi connectivity index (χ0n) is 7.74. The van der Waals surface area contributed by atoms with Crippen LogP contribution in [0.15, 0.2) is 12.4 Å². The van der Waals surface area contributed by atoms with Gasteiger partial charge in [-0.2, -0.15) is 0 Å². The summed E-state index contributed by atoms with van der Waals surface area (Å²) in [5, 5.41) is 0. The molecule has 0 amide bonds. The van der Waals surface area contributed by atoms with Gasteiger partial charge in [0.1, 0.15) is 0 Å². The van der Waals surface area contributed by atoms with Gasteiger partial charge in [-0.25, -0.2) is 0 Å². The molecule has 1 aliphatic rings. The molecule has 0 radical (unpaired) electrons. The monoisotopic (exact) mass is 186 g/mol. The lowest BCUT2D eigenvalue weighted by atomic mass is 10.2. The molecule has 70 valence electrons. The van der Waals surface area contributed by atoms with Crippen LogP contribution in [0.4, 0.5) is 0 Å². The maximum atomic E-state index is 4.22. The molecule has 0 fully saturated rings. The summed E-state index contributed by atoms with van der Waals surface area (Å²) in [6.07, 6.45) is 9.45. The Labute approximate surface area is 80.8 Å². The first-order valence-electron chi connectivity index (χ1n) is 4.71. The van der Waals surface area contributed by atoms with E-state index < -0.39 is 0 Å². The second kappa shape index (κ2) is 5.36. The molecule has 0 atom stereocenters. The maximum absolute atomic E-state index is 4.22. The van der Waals surface area contributed by atoms with Gasteiger partial charge in [0, 0.05) is 18.9 Å². The highest BCUT2D eigenvalue weighted by atomic mass is 32.1. The Kier molecular flexibility index (Phi) is 4.36. The van der Waals surface area contributed by atoms with Crippen molar-refractivity contribution in [3.63, 3.8) is 0 Å². The smallest absolute Gasteiger partial charge is 0.0997 e. The molecule has 0 saturated carbocycles. The predicted octanol–water partition coefficient (Wildman–Crippen LogP) is 2.46. The molecule has 12 heavy (non-hydrogen) atoms. The van der Waals surface area contributed by atoms with Crippen LogP contribution in [0.3, 0.4) is 0 Å². The minimum absolute atomic E-state index is 0.940. The van der Waals surface area contributed by atoms with Gasteiger partial charge in [-0.05, 0) is 6.42 Å². The number of rotatable bonds is 5. The van der Waals surface area contributed by atoms with E-state index in [0.29, 0.717) is 0 Å². The van der Waals surface area contributed by atoms with Gasteiger partial charge in [0.2, 0.25) is 0 Å². The second-order valence-electron chi connectivity index (χ2n) is 3.25. The zero-order valence-corrected chi connectivity index (χ0v) is 8.63. The molecule has 0 aliphatic carbocycles. The van der Waals surface area contributed by atoms with Crippen LogP contribution in [0.1, 0.15) is 32.6 Å². The van der Waals surface area contributed by atoms with Crippen molar-refractivity contribution in [2.75, 3.05) is 13.2 Å². The molecule has 0 aromatic heterocycles. The molecule has 0 unspecified atom stereocenters. The van der Waals surface area contributed by atoms with Crippen molar-refractivity contribution in [2.24, 2.45) is 0 Å². The number of unbranched alkanes of at least 4 members (excludes halogenated alkanes) is 3. The molecule has 3 heteroatoms. The summed E-state index contributed by atoms with van der Waals surface area (Å²) in [5.74, 6) is 0. The fraction of sp³-hybridized carbons (Fsp3) is 0.778. The van der Waals surface area contributed by atoms with Crippen molar-refractivity contribution >= 4 is 12.8 Å². The first kappa shape index (κ1) is 9.78. The third kappa shape index (κ3) is 3.39. The number of hydrogen-bond donors (Lipinski definition) is 1. The average Bonchev–Trinajstić information content (AvgIpc) is 2.45. The average molecular weight is 186 g/mol. The molecule has 2 nitrogen and oxygen atoms in total. The molecule has 1 aliphatic heterocycles. The normalized spacial score (nSPS) is 16.2. The zero-order chi connectivity index (χ0) is 8.81. The molecule has 0 bridgehead atoms. The van der Waals surface area contributed by atoms with Crippen molar-refractivity contribution in [3.8, 4) is 0 Å². The van der Waals surface area contributed by atoms with E-state index in [2.05, 4.69) is 30.8 Å². The van der Waals surface area contributed by atoms with Gasteiger partial charge >= 0.3 is 0 Å². The third-order valence-corrected chi connectivity index (χ3v) is 2.33. The molecule has 0 aromatic carbocycles. The quantitative estimate of drug-likeness (QED) is 0.520. The predicted molar refractivity (Wildman–Crippen MR) is 55.7 cm³/mol. The summed E-state index contributed by atoms with van der Waals surface area (Å²) in [4.78, 5) is 2.29. The third-order valence-electron chi connectivity index (χ3n) is 2.07. The van der Waals surface area contributed by atoms with E-state index in [1.165, 1.54) is 32.2 Å². The molecule has 0 aromatic rings. The van der Waals surface area contributed by atoms with E-state index >= 15 is 0 Å². The highest BCUT2D eigenvalue weighted by molar-refractivity contribution is 7.77. The highest BCUT2D eigenvalue weighted by Gasteiger charge is 2.07. The minimum Gasteiger partial charge on any atom is -0.358 e. The van der Waals surface area contributed by atoms with E-state index in [0.717, 1.165) is 6.67 Å². The van der Waals surface area contributed by atoms with Gasteiger partial charge in [-0.15, -0.1) is 0 Å². The van der Waals surface area contributed by atoms with Crippen molar-refractivity contribution in [3.05, 3.63) is 12.4 Å². The Morgan fingerprint density at radius 1 is 1.25 bits per heavy atom. The Bertz CT molecular complexity index is 147. The van der Waals surface area contributed by atoms with Gasteiger partial charge in [0.05, 0.1) is 6.67 Å². The molecular weight excluding hydrogens is 168 g/mol. The summed E-state index contributed by atoms with van der Waals surface area (Å²) < 4.78 is 1.90. The van der Waals surface area contributed by atoms with Gasteiger partial charge in [-0.1, -0.05) is 39.0 Å².